The lowest BCUT2D eigenvalue weighted by Crippen LogP contribution is -2.31. The topological polar surface area (TPSA) is 12.0 Å². The molecule has 1 N–H and O–H groups in total. The van der Waals surface area contributed by atoms with Crippen LogP contribution in [-0.4, -0.2) is 13.1 Å². The number of hydrogen-bond donors (Lipinski definition) is 1. The number of benzene rings is 1. The van der Waals surface area contributed by atoms with E-state index < -0.39 is 0 Å². The SMILES string of the molecule is CNC1CCCC(CCc2ccccc2)C1. The Morgan fingerprint density at radius 3 is 2.75 bits per heavy atom. The second-order valence-corrected chi connectivity index (χ2v) is 5.04. The predicted octanol–water partition coefficient (Wildman–Crippen LogP) is 3.40. The summed E-state index contributed by atoms with van der Waals surface area (Å²) in [6, 6.07) is 11.7. The lowest BCUT2D eigenvalue weighted by Gasteiger charge is -2.28. The van der Waals surface area contributed by atoms with Crippen molar-refractivity contribution < 1.29 is 0 Å². The van der Waals surface area contributed by atoms with Crippen molar-refractivity contribution in [3.05, 3.63) is 35.9 Å². The van der Waals surface area contributed by atoms with Gasteiger partial charge in [-0.1, -0.05) is 43.2 Å². The molecule has 0 spiro atoms. The molecule has 0 radical (unpaired) electrons. The maximum Gasteiger partial charge on any atom is 0.00667 e. The standard InChI is InChI=1S/C15H23N/c1-16-15-9-5-8-14(12-15)11-10-13-6-3-2-4-7-13/h2-4,6-7,14-16H,5,8-12H2,1H3. The van der Waals surface area contributed by atoms with Crippen LogP contribution in [0.3, 0.4) is 0 Å². The van der Waals surface area contributed by atoms with E-state index in [9.17, 15) is 0 Å². The summed E-state index contributed by atoms with van der Waals surface area (Å²) >= 11 is 0. The summed E-state index contributed by atoms with van der Waals surface area (Å²) in [4.78, 5) is 0. The normalized spacial score (nSPS) is 25.6. The molecule has 1 aliphatic rings. The Bertz CT molecular complexity index is 294. The first-order chi connectivity index (χ1) is 7.88. The van der Waals surface area contributed by atoms with Gasteiger partial charge in [-0.3, -0.25) is 0 Å². The molecule has 0 bridgehead atoms. The minimum atomic E-state index is 0.773. The van der Waals surface area contributed by atoms with E-state index in [-0.39, 0.29) is 0 Å². The summed E-state index contributed by atoms with van der Waals surface area (Å²) in [6.07, 6.45) is 8.21. The molecule has 1 aromatic rings. The molecular formula is C15H23N. The fourth-order valence-electron chi connectivity index (χ4n) is 2.83. The third kappa shape index (κ3) is 3.34. The predicted molar refractivity (Wildman–Crippen MR) is 69.6 cm³/mol. The van der Waals surface area contributed by atoms with Crippen LogP contribution in [0.5, 0.6) is 0 Å². The molecule has 2 rings (SSSR count). The van der Waals surface area contributed by atoms with Crippen LogP contribution in [0.4, 0.5) is 0 Å². The summed E-state index contributed by atoms with van der Waals surface area (Å²) in [5.41, 5.74) is 1.49. The highest BCUT2D eigenvalue weighted by Crippen LogP contribution is 2.27. The van der Waals surface area contributed by atoms with Crippen LogP contribution in [0.25, 0.3) is 0 Å². The summed E-state index contributed by atoms with van der Waals surface area (Å²) in [5, 5.41) is 3.43. The maximum atomic E-state index is 3.43. The fraction of sp³-hybridized carbons (Fsp3) is 0.600. The number of aryl methyl sites for hydroxylation is 1. The molecule has 1 aromatic carbocycles. The van der Waals surface area contributed by atoms with Crippen molar-refractivity contribution in [2.45, 2.75) is 44.6 Å². The smallest absolute Gasteiger partial charge is 0.00667 e. The first kappa shape index (κ1) is 11.7. The molecule has 1 heteroatoms. The van der Waals surface area contributed by atoms with Crippen LogP contribution in [0.15, 0.2) is 30.3 Å². The van der Waals surface area contributed by atoms with Crippen LogP contribution in [0, 0.1) is 5.92 Å². The van der Waals surface area contributed by atoms with Crippen molar-refractivity contribution >= 4 is 0 Å². The number of hydrogen-bond acceptors (Lipinski definition) is 1. The van der Waals surface area contributed by atoms with Crippen molar-refractivity contribution in [1.29, 1.82) is 0 Å². The van der Waals surface area contributed by atoms with E-state index in [0.29, 0.717) is 0 Å². The monoisotopic (exact) mass is 217 g/mol. The van der Waals surface area contributed by atoms with Gasteiger partial charge in [0.05, 0.1) is 0 Å². The third-order valence-electron chi connectivity index (χ3n) is 3.88. The Morgan fingerprint density at radius 2 is 2.00 bits per heavy atom. The molecule has 0 saturated heterocycles. The van der Waals surface area contributed by atoms with Gasteiger partial charge in [-0.2, -0.15) is 0 Å². The molecule has 16 heavy (non-hydrogen) atoms. The van der Waals surface area contributed by atoms with Crippen LogP contribution in [0.2, 0.25) is 0 Å². The van der Waals surface area contributed by atoms with Gasteiger partial charge in [-0.15, -0.1) is 0 Å². The molecule has 1 saturated carbocycles. The van der Waals surface area contributed by atoms with Crippen LogP contribution >= 0.6 is 0 Å². The minimum Gasteiger partial charge on any atom is -0.317 e. The number of nitrogens with one attached hydrogen (secondary N) is 1. The van der Waals surface area contributed by atoms with Gasteiger partial charge < -0.3 is 5.32 Å². The largest absolute Gasteiger partial charge is 0.317 e. The zero-order valence-corrected chi connectivity index (χ0v) is 10.3. The first-order valence-corrected chi connectivity index (χ1v) is 6.59. The van der Waals surface area contributed by atoms with Gasteiger partial charge in [0.1, 0.15) is 0 Å². The Labute approximate surface area is 99.3 Å². The van der Waals surface area contributed by atoms with Crippen molar-refractivity contribution in [2.75, 3.05) is 7.05 Å². The molecular weight excluding hydrogens is 194 g/mol. The van der Waals surface area contributed by atoms with Gasteiger partial charge in [-0.25, -0.2) is 0 Å². The Balaban J connectivity index is 1.77. The highest BCUT2D eigenvalue weighted by atomic mass is 14.9. The molecule has 2 unspecified atom stereocenters. The van der Waals surface area contributed by atoms with Crippen LogP contribution in [0.1, 0.15) is 37.7 Å². The van der Waals surface area contributed by atoms with Gasteiger partial charge in [-0.05, 0) is 44.2 Å². The van der Waals surface area contributed by atoms with E-state index in [1.54, 1.807) is 0 Å². The summed E-state index contributed by atoms with van der Waals surface area (Å²) in [6.45, 7) is 0. The molecule has 1 fully saturated rings. The third-order valence-corrected chi connectivity index (χ3v) is 3.88. The van der Waals surface area contributed by atoms with Crippen LogP contribution in [-0.2, 0) is 6.42 Å². The lowest BCUT2D eigenvalue weighted by atomic mass is 9.82. The van der Waals surface area contributed by atoms with E-state index >= 15 is 0 Å². The van der Waals surface area contributed by atoms with Crippen molar-refractivity contribution in [3.8, 4) is 0 Å². The molecule has 0 amide bonds. The second-order valence-electron chi connectivity index (χ2n) is 5.04. The lowest BCUT2D eigenvalue weighted by molar-refractivity contribution is 0.282. The second kappa shape index (κ2) is 6.05. The average Bonchev–Trinajstić information content (AvgIpc) is 2.38. The Morgan fingerprint density at radius 1 is 1.19 bits per heavy atom. The zero-order chi connectivity index (χ0) is 11.2. The van der Waals surface area contributed by atoms with Crippen molar-refractivity contribution in [2.24, 2.45) is 5.92 Å². The molecule has 1 aliphatic carbocycles. The van der Waals surface area contributed by atoms with Crippen molar-refractivity contribution in [1.82, 2.24) is 5.32 Å². The highest BCUT2D eigenvalue weighted by molar-refractivity contribution is 5.14. The van der Waals surface area contributed by atoms with E-state index in [1.807, 2.05) is 0 Å². The molecule has 0 aliphatic heterocycles. The van der Waals surface area contributed by atoms with Gasteiger partial charge in [0.25, 0.3) is 0 Å². The van der Waals surface area contributed by atoms with E-state index in [2.05, 4.69) is 42.7 Å². The Kier molecular flexibility index (Phi) is 4.41. The number of rotatable bonds is 4. The van der Waals surface area contributed by atoms with Crippen LogP contribution < -0.4 is 5.32 Å². The first-order valence-electron chi connectivity index (χ1n) is 6.59. The fourth-order valence-corrected chi connectivity index (χ4v) is 2.83. The maximum absolute atomic E-state index is 3.43. The zero-order valence-electron chi connectivity index (χ0n) is 10.3. The molecule has 88 valence electrons. The average molecular weight is 217 g/mol. The van der Waals surface area contributed by atoms with E-state index in [4.69, 9.17) is 0 Å². The Hall–Kier alpha value is -0.820. The van der Waals surface area contributed by atoms with Gasteiger partial charge >= 0.3 is 0 Å². The molecule has 0 aromatic heterocycles. The van der Waals surface area contributed by atoms with E-state index in [0.717, 1.165) is 12.0 Å². The quantitative estimate of drug-likeness (QED) is 0.815. The van der Waals surface area contributed by atoms with Crippen molar-refractivity contribution in [3.63, 3.8) is 0 Å². The summed E-state index contributed by atoms with van der Waals surface area (Å²) < 4.78 is 0. The summed E-state index contributed by atoms with van der Waals surface area (Å²) in [7, 11) is 2.10. The molecule has 0 heterocycles. The minimum absolute atomic E-state index is 0.773. The molecule has 2 atom stereocenters. The van der Waals surface area contributed by atoms with E-state index in [1.165, 1.54) is 44.1 Å². The van der Waals surface area contributed by atoms with Gasteiger partial charge in [0, 0.05) is 6.04 Å². The summed E-state index contributed by atoms with van der Waals surface area (Å²) in [5.74, 6) is 0.936. The van der Waals surface area contributed by atoms with Gasteiger partial charge in [0.2, 0.25) is 0 Å². The highest BCUT2D eigenvalue weighted by Gasteiger charge is 2.20. The van der Waals surface area contributed by atoms with Gasteiger partial charge in [0.15, 0.2) is 0 Å². The molecule has 1 nitrogen and oxygen atoms in total.